The van der Waals surface area contributed by atoms with E-state index in [1.165, 1.54) is 0 Å². The largest absolute Gasteiger partial charge is 0.423 e. The highest BCUT2D eigenvalue weighted by Gasteiger charge is 2.21. The molecule has 23 heavy (non-hydrogen) atoms. The van der Waals surface area contributed by atoms with E-state index in [4.69, 9.17) is 9.26 Å². The number of ether oxygens (including phenoxy) is 1. The molecule has 1 heterocycles. The fourth-order valence-corrected chi connectivity index (χ4v) is 2.43. The highest BCUT2D eigenvalue weighted by molar-refractivity contribution is 5.93. The fraction of sp³-hybridized carbons (Fsp3) is 0.158. The van der Waals surface area contributed by atoms with Crippen molar-refractivity contribution >= 4 is 5.97 Å². The van der Waals surface area contributed by atoms with Crippen LogP contribution in [0, 0.1) is 6.92 Å². The molecule has 0 aliphatic carbocycles. The van der Waals surface area contributed by atoms with Gasteiger partial charge in [0.15, 0.2) is 0 Å². The van der Waals surface area contributed by atoms with Crippen molar-refractivity contribution in [3.05, 3.63) is 71.6 Å². The third-order valence-corrected chi connectivity index (χ3v) is 3.64. The van der Waals surface area contributed by atoms with Gasteiger partial charge in [0.1, 0.15) is 17.1 Å². The summed E-state index contributed by atoms with van der Waals surface area (Å²) in [5.41, 5.74) is 3.22. The van der Waals surface area contributed by atoms with Crippen molar-refractivity contribution in [2.24, 2.45) is 0 Å². The molecule has 0 saturated carbocycles. The smallest absolute Gasteiger partial charge is 0.349 e. The summed E-state index contributed by atoms with van der Waals surface area (Å²) in [6.07, 6.45) is 0.620. The summed E-state index contributed by atoms with van der Waals surface area (Å²) in [6.45, 7) is 3.63. The molecule has 0 bridgehead atoms. The third-order valence-electron chi connectivity index (χ3n) is 3.64. The SMILES string of the molecule is CCc1noc(C)c1C(=O)Oc1ccc(-c2ccccc2)cc1. The highest BCUT2D eigenvalue weighted by Crippen LogP contribution is 2.23. The van der Waals surface area contributed by atoms with Crippen LogP contribution in [0.15, 0.2) is 59.1 Å². The van der Waals surface area contributed by atoms with Crippen molar-refractivity contribution in [1.29, 1.82) is 0 Å². The second-order valence-electron chi connectivity index (χ2n) is 5.19. The number of carbonyl (C=O) groups excluding carboxylic acids is 1. The van der Waals surface area contributed by atoms with Crippen LogP contribution in [0.1, 0.15) is 28.7 Å². The Labute approximate surface area is 134 Å². The molecule has 0 aliphatic rings. The van der Waals surface area contributed by atoms with E-state index >= 15 is 0 Å². The number of esters is 1. The van der Waals surface area contributed by atoms with Gasteiger partial charge in [-0.05, 0) is 36.6 Å². The zero-order chi connectivity index (χ0) is 16.2. The van der Waals surface area contributed by atoms with Gasteiger partial charge in [-0.25, -0.2) is 4.79 Å². The van der Waals surface area contributed by atoms with Gasteiger partial charge >= 0.3 is 5.97 Å². The van der Waals surface area contributed by atoms with Crippen LogP contribution in [0.25, 0.3) is 11.1 Å². The molecule has 0 atom stereocenters. The summed E-state index contributed by atoms with van der Waals surface area (Å²) in [5, 5.41) is 3.87. The van der Waals surface area contributed by atoms with Crippen molar-refractivity contribution < 1.29 is 14.1 Å². The molecule has 0 N–H and O–H groups in total. The Hall–Kier alpha value is -2.88. The van der Waals surface area contributed by atoms with E-state index in [2.05, 4.69) is 5.16 Å². The average molecular weight is 307 g/mol. The number of benzene rings is 2. The van der Waals surface area contributed by atoms with Crippen LogP contribution < -0.4 is 4.74 Å². The van der Waals surface area contributed by atoms with Crippen LogP contribution >= 0.6 is 0 Å². The van der Waals surface area contributed by atoms with Gasteiger partial charge in [0.05, 0.1) is 5.69 Å². The van der Waals surface area contributed by atoms with E-state index in [9.17, 15) is 4.79 Å². The Morgan fingerprint density at radius 3 is 2.35 bits per heavy atom. The highest BCUT2D eigenvalue weighted by atomic mass is 16.5. The van der Waals surface area contributed by atoms with Crippen LogP contribution in [0.2, 0.25) is 0 Å². The summed E-state index contributed by atoms with van der Waals surface area (Å²) in [6, 6.07) is 17.5. The van der Waals surface area contributed by atoms with Gasteiger partial charge in [0.25, 0.3) is 0 Å². The van der Waals surface area contributed by atoms with Crippen molar-refractivity contribution in [3.63, 3.8) is 0 Å². The predicted octanol–water partition coefficient (Wildman–Crippen LogP) is 4.43. The Morgan fingerprint density at radius 2 is 1.70 bits per heavy atom. The number of nitrogens with zero attached hydrogens (tertiary/aromatic N) is 1. The summed E-state index contributed by atoms with van der Waals surface area (Å²) >= 11 is 0. The van der Waals surface area contributed by atoms with E-state index in [1.807, 2.05) is 49.4 Å². The number of hydrogen-bond acceptors (Lipinski definition) is 4. The zero-order valence-electron chi connectivity index (χ0n) is 13.1. The van der Waals surface area contributed by atoms with E-state index in [1.54, 1.807) is 19.1 Å². The molecule has 116 valence electrons. The molecule has 0 aliphatic heterocycles. The quantitative estimate of drug-likeness (QED) is 0.528. The van der Waals surface area contributed by atoms with Gasteiger partial charge in [0, 0.05) is 0 Å². The molecule has 3 aromatic rings. The molecular formula is C19H17NO3. The second kappa shape index (κ2) is 6.48. The Bertz CT molecular complexity index is 804. The third kappa shape index (κ3) is 3.16. The molecule has 4 heteroatoms. The minimum Gasteiger partial charge on any atom is -0.423 e. The van der Waals surface area contributed by atoms with Gasteiger partial charge in [-0.15, -0.1) is 0 Å². The van der Waals surface area contributed by atoms with Gasteiger partial charge in [-0.3, -0.25) is 0 Å². The molecular weight excluding hydrogens is 290 g/mol. The molecule has 0 radical (unpaired) electrons. The van der Waals surface area contributed by atoms with Gasteiger partial charge < -0.3 is 9.26 Å². The first-order valence-corrected chi connectivity index (χ1v) is 7.52. The Kier molecular flexibility index (Phi) is 4.24. The lowest BCUT2D eigenvalue weighted by atomic mass is 10.1. The van der Waals surface area contributed by atoms with Crippen molar-refractivity contribution in [2.45, 2.75) is 20.3 Å². The minimum atomic E-state index is -0.437. The molecule has 3 rings (SSSR count). The first-order chi connectivity index (χ1) is 11.2. The van der Waals surface area contributed by atoms with E-state index in [0.717, 1.165) is 11.1 Å². The maximum Gasteiger partial charge on any atom is 0.349 e. The summed E-state index contributed by atoms with van der Waals surface area (Å²) in [5.74, 6) is 0.540. The molecule has 0 amide bonds. The van der Waals surface area contributed by atoms with Gasteiger partial charge in [-0.1, -0.05) is 54.5 Å². The lowest BCUT2D eigenvalue weighted by Gasteiger charge is -2.06. The predicted molar refractivity (Wildman–Crippen MR) is 87.5 cm³/mol. The average Bonchev–Trinajstić information content (AvgIpc) is 2.97. The first kappa shape index (κ1) is 15.0. The van der Waals surface area contributed by atoms with E-state index < -0.39 is 5.97 Å². The summed E-state index contributed by atoms with van der Waals surface area (Å²) in [7, 11) is 0. The number of hydrogen-bond donors (Lipinski definition) is 0. The molecule has 4 nitrogen and oxygen atoms in total. The standard InChI is InChI=1S/C19H17NO3/c1-3-17-18(13(2)23-20-17)19(21)22-16-11-9-15(10-12-16)14-7-5-4-6-8-14/h4-12H,3H2,1-2H3. The fourth-order valence-electron chi connectivity index (χ4n) is 2.43. The van der Waals surface area contributed by atoms with Crippen molar-refractivity contribution in [2.75, 3.05) is 0 Å². The number of rotatable bonds is 4. The number of carbonyl (C=O) groups is 1. The van der Waals surface area contributed by atoms with Crippen LogP contribution in [0.3, 0.4) is 0 Å². The van der Waals surface area contributed by atoms with Crippen molar-refractivity contribution in [3.8, 4) is 16.9 Å². The summed E-state index contributed by atoms with van der Waals surface area (Å²) < 4.78 is 10.5. The molecule has 0 spiro atoms. The number of aromatic nitrogens is 1. The second-order valence-corrected chi connectivity index (χ2v) is 5.19. The van der Waals surface area contributed by atoms with Crippen LogP contribution in [0.4, 0.5) is 0 Å². The van der Waals surface area contributed by atoms with Crippen LogP contribution in [-0.2, 0) is 6.42 Å². The monoisotopic (exact) mass is 307 g/mol. The Balaban J connectivity index is 1.78. The molecule has 2 aromatic carbocycles. The molecule has 0 saturated heterocycles. The molecule has 0 fully saturated rings. The maximum absolute atomic E-state index is 12.3. The van der Waals surface area contributed by atoms with E-state index in [-0.39, 0.29) is 0 Å². The van der Waals surface area contributed by atoms with Gasteiger partial charge in [0.2, 0.25) is 0 Å². The summed E-state index contributed by atoms with van der Waals surface area (Å²) in [4.78, 5) is 12.3. The molecule has 0 unspecified atom stereocenters. The topological polar surface area (TPSA) is 52.3 Å². The first-order valence-electron chi connectivity index (χ1n) is 7.52. The van der Waals surface area contributed by atoms with Crippen LogP contribution in [-0.4, -0.2) is 11.1 Å². The molecule has 1 aromatic heterocycles. The Morgan fingerprint density at radius 1 is 1.04 bits per heavy atom. The number of aryl methyl sites for hydroxylation is 2. The normalized spacial score (nSPS) is 10.5. The van der Waals surface area contributed by atoms with Crippen LogP contribution in [0.5, 0.6) is 5.75 Å². The zero-order valence-corrected chi connectivity index (χ0v) is 13.1. The lowest BCUT2D eigenvalue weighted by Crippen LogP contribution is -2.11. The van der Waals surface area contributed by atoms with Crippen molar-refractivity contribution in [1.82, 2.24) is 5.16 Å². The minimum absolute atomic E-state index is 0.416. The lowest BCUT2D eigenvalue weighted by molar-refractivity contribution is 0.0732. The van der Waals surface area contributed by atoms with Gasteiger partial charge in [-0.2, -0.15) is 0 Å². The van der Waals surface area contributed by atoms with E-state index in [0.29, 0.717) is 29.2 Å². The maximum atomic E-state index is 12.3.